The predicted octanol–water partition coefficient (Wildman–Crippen LogP) is 3.67. The van der Waals surface area contributed by atoms with Gasteiger partial charge in [0.15, 0.2) is 11.6 Å². The molecular weight excluding hydrogens is 243 g/mol. The highest BCUT2D eigenvalue weighted by molar-refractivity contribution is 5.50. The quantitative estimate of drug-likeness (QED) is 0.819. The molecule has 2 rings (SSSR count). The number of ether oxygens (including phenoxy) is 1. The number of nitrogens with zero attached hydrogens (tertiary/aromatic N) is 2. The standard InChI is InChI=1S/C15H9FN2O/c1-10-3-2-4-12(9-18)15(10)19-14-6-5-11(8-17)7-13(14)16/h2-7H,1H3. The fourth-order valence-electron chi connectivity index (χ4n) is 1.64. The topological polar surface area (TPSA) is 56.8 Å². The third-order valence-corrected chi connectivity index (χ3v) is 2.61. The van der Waals surface area contributed by atoms with E-state index in [1.54, 1.807) is 25.1 Å². The molecular formula is C15H9FN2O. The molecule has 0 aliphatic carbocycles. The van der Waals surface area contributed by atoms with E-state index >= 15 is 0 Å². The van der Waals surface area contributed by atoms with Crippen molar-refractivity contribution in [3.8, 4) is 23.6 Å². The first-order chi connectivity index (χ1) is 9.15. The summed E-state index contributed by atoms with van der Waals surface area (Å²) in [6.45, 7) is 1.78. The monoisotopic (exact) mass is 252 g/mol. The van der Waals surface area contributed by atoms with Gasteiger partial charge in [-0.15, -0.1) is 0 Å². The Kier molecular flexibility index (Phi) is 3.45. The lowest BCUT2D eigenvalue weighted by molar-refractivity contribution is 0.438. The van der Waals surface area contributed by atoms with Gasteiger partial charge < -0.3 is 4.74 Å². The molecule has 19 heavy (non-hydrogen) atoms. The van der Waals surface area contributed by atoms with Gasteiger partial charge in [-0.3, -0.25) is 0 Å². The second-order valence-corrected chi connectivity index (χ2v) is 3.92. The molecule has 0 radical (unpaired) electrons. The summed E-state index contributed by atoms with van der Waals surface area (Å²) in [4.78, 5) is 0. The zero-order chi connectivity index (χ0) is 13.8. The summed E-state index contributed by atoms with van der Waals surface area (Å²) >= 11 is 0. The molecule has 0 aliphatic heterocycles. The van der Waals surface area contributed by atoms with Crippen molar-refractivity contribution in [2.24, 2.45) is 0 Å². The van der Waals surface area contributed by atoms with Crippen LogP contribution in [0.4, 0.5) is 4.39 Å². The molecule has 3 nitrogen and oxygen atoms in total. The summed E-state index contributed by atoms with van der Waals surface area (Å²) in [5.74, 6) is -0.315. The van der Waals surface area contributed by atoms with Crippen molar-refractivity contribution in [2.75, 3.05) is 0 Å². The van der Waals surface area contributed by atoms with Crippen molar-refractivity contribution in [2.45, 2.75) is 6.92 Å². The zero-order valence-electron chi connectivity index (χ0n) is 10.1. The van der Waals surface area contributed by atoms with Gasteiger partial charge in [0.25, 0.3) is 0 Å². The Hall–Kier alpha value is -2.85. The second kappa shape index (κ2) is 5.20. The van der Waals surface area contributed by atoms with E-state index < -0.39 is 5.82 Å². The molecule has 0 unspecified atom stereocenters. The van der Waals surface area contributed by atoms with E-state index in [9.17, 15) is 4.39 Å². The van der Waals surface area contributed by atoms with Gasteiger partial charge >= 0.3 is 0 Å². The number of halogens is 1. The Morgan fingerprint density at radius 2 is 1.89 bits per heavy atom. The lowest BCUT2D eigenvalue weighted by Crippen LogP contribution is -1.94. The SMILES string of the molecule is Cc1cccc(C#N)c1Oc1ccc(C#N)cc1F. The molecule has 0 aliphatic rings. The lowest BCUT2D eigenvalue weighted by atomic mass is 10.1. The number of aryl methyl sites for hydroxylation is 1. The number of rotatable bonds is 2. The summed E-state index contributed by atoms with van der Waals surface area (Å²) in [5, 5.41) is 17.7. The van der Waals surface area contributed by atoms with Gasteiger partial charge in [0.1, 0.15) is 11.8 Å². The summed E-state index contributed by atoms with van der Waals surface area (Å²) < 4.78 is 19.2. The largest absolute Gasteiger partial charge is 0.453 e. The fraction of sp³-hybridized carbons (Fsp3) is 0.0667. The minimum absolute atomic E-state index is 0.00944. The molecule has 2 aromatic rings. The molecule has 0 aromatic heterocycles. The fourth-order valence-corrected chi connectivity index (χ4v) is 1.64. The summed E-state index contributed by atoms with van der Waals surface area (Å²) in [5.41, 5.74) is 1.29. The molecule has 2 aromatic carbocycles. The minimum Gasteiger partial charge on any atom is -0.453 e. The Balaban J connectivity index is 2.43. The van der Waals surface area contributed by atoms with Crippen LogP contribution in [0.3, 0.4) is 0 Å². The van der Waals surface area contributed by atoms with Crippen LogP contribution in [0.25, 0.3) is 0 Å². The average Bonchev–Trinajstić information content (AvgIpc) is 2.42. The molecule has 0 heterocycles. The number of hydrogen-bond donors (Lipinski definition) is 0. The van der Waals surface area contributed by atoms with Crippen LogP contribution in [0.2, 0.25) is 0 Å². The van der Waals surface area contributed by atoms with Crippen LogP contribution in [0, 0.1) is 35.4 Å². The first-order valence-electron chi connectivity index (χ1n) is 5.53. The summed E-state index contributed by atoms with van der Waals surface area (Å²) in [6.07, 6.45) is 0. The average molecular weight is 252 g/mol. The first-order valence-corrected chi connectivity index (χ1v) is 5.53. The highest BCUT2D eigenvalue weighted by Gasteiger charge is 2.11. The third kappa shape index (κ3) is 2.53. The maximum atomic E-state index is 13.7. The molecule has 0 spiro atoms. The van der Waals surface area contributed by atoms with Crippen molar-refractivity contribution < 1.29 is 9.13 Å². The van der Waals surface area contributed by atoms with Crippen LogP contribution in [0.15, 0.2) is 36.4 Å². The van der Waals surface area contributed by atoms with Gasteiger partial charge in [0.05, 0.1) is 17.2 Å². The van der Waals surface area contributed by atoms with Crippen molar-refractivity contribution in [3.63, 3.8) is 0 Å². The Morgan fingerprint density at radius 1 is 1.11 bits per heavy atom. The Labute approximate surface area is 110 Å². The molecule has 0 saturated carbocycles. The Morgan fingerprint density at radius 3 is 2.53 bits per heavy atom. The van der Waals surface area contributed by atoms with Gasteiger partial charge in [0.2, 0.25) is 0 Å². The molecule has 0 atom stereocenters. The van der Waals surface area contributed by atoms with Gasteiger partial charge in [-0.25, -0.2) is 4.39 Å². The van der Waals surface area contributed by atoms with Crippen LogP contribution < -0.4 is 4.74 Å². The van der Waals surface area contributed by atoms with E-state index in [0.717, 1.165) is 11.6 Å². The number of nitriles is 2. The summed E-state index contributed by atoms with van der Waals surface area (Å²) in [7, 11) is 0. The van der Waals surface area contributed by atoms with Gasteiger partial charge in [-0.2, -0.15) is 10.5 Å². The van der Waals surface area contributed by atoms with Crippen molar-refractivity contribution >= 4 is 0 Å². The molecule has 0 fully saturated rings. The van der Waals surface area contributed by atoms with Crippen LogP contribution in [0.1, 0.15) is 16.7 Å². The summed E-state index contributed by atoms with van der Waals surface area (Å²) in [6, 6.07) is 12.9. The number of hydrogen-bond acceptors (Lipinski definition) is 3. The van der Waals surface area contributed by atoms with E-state index in [4.69, 9.17) is 15.3 Å². The molecule has 0 N–H and O–H groups in total. The highest BCUT2D eigenvalue weighted by atomic mass is 19.1. The van der Waals surface area contributed by atoms with E-state index in [1.165, 1.54) is 12.1 Å². The van der Waals surface area contributed by atoms with Gasteiger partial charge in [0, 0.05) is 0 Å². The van der Waals surface area contributed by atoms with Gasteiger partial charge in [-0.05, 0) is 36.8 Å². The minimum atomic E-state index is -0.633. The zero-order valence-corrected chi connectivity index (χ0v) is 10.1. The highest BCUT2D eigenvalue weighted by Crippen LogP contribution is 2.30. The van der Waals surface area contributed by atoms with Crippen molar-refractivity contribution in [3.05, 3.63) is 58.9 Å². The van der Waals surface area contributed by atoms with E-state index in [2.05, 4.69) is 0 Å². The molecule has 92 valence electrons. The van der Waals surface area contributed by atoms with E-state index in [-0.39, 0.29) is 11.3 Å². The molecule has 4 heteroatoms. The van der Waals surface area contributed by atoms with Crippen molar-refractivity contribution in [1.82, 2.24) is 0 Å². The lowest BCUT2D eigenvalue weighted by Gasteiger charge is -2.10. The first kappa shape index (κ1) is 12.6. The van der Waals surface area contributed by atoms with E-state index in [1.807, 2.05) is 12.1 Å². The van der Waals surface area contributed by atoms with Crippen LogP contribution >= 0.6 is 0 Å². The Bertz CT molecular complexity index is 711. The van der Waals surface area contributed by atoms with Crippen LogP contribution in [-0.4, -0.2) is 0 Å². The van der Waals surface area contributed by atoms with Gasteiger partial charge in [-0.1, -0.05) is 12.1 Å². The molecule has 0 saturated heterocycles. The maximum Gasteiger partial charge on any atom is 0.167 e. The van der Waals surface area contributed by atoms with Crippen LogP contribution in [0.5, 0.6) is 11.5 Å². The second-order valence-electron chi connectivity index (χ2n) is 3.92. The number of para-hydroxylation sites is 1. The van der Waals surface area contributed by atoms with Crippen molar-refractivity contribution in [1.29, 1.82) is 10.5 Å². The van der Waals surface area contributed by atoms with Crippen LogP contribution in [-0.2, 0) is 0 Å². The third-order valence-electron chi connectivity index (χ3n) is 2.61. The molecule has 0 amide bonds. The maximum absolute atomic E-state index is 13.7. The predicted molar refractivity (Wildman–Crippen MR) is 67.1 cm³/mol. The van der Waals surface area contributed by atoms with E-state index in [0.29, 0.717) is 11.3 Å². The normalized spacial score (nSPS) is 9.47. The smallest absolute Gasteiger partial charge is 0.167 e. The number of benzene rings is 2. The molecule has 0 bridgehead atoms.